The molecule has 0 unspecified atom stereocenters. The maximum Gasteiger partial charge on any atom is 0.226 e. The zero-order chi connectivity index (χ0) is 18.1. The molecule has 2 aromatic carbocycles. The summed E-state index contributed by atoms with van der Waals surface area (Å²) in [5.74, 6) is 1.80. The average molecular weight is 349 g/mol. The van der Waals surface area contributed by atoms with Gasteiger partial charge in [-0.25, -0.2) is 9.37 Å². The topological polar surface area (TPSA) is 35.3 Å². The maximum atomic E-state index is 13.8. The van der Waals surface area contributed by atoms with Crippen molar-refractivity contribution in [2.24, 2.45) is 0 Å². The van der Waals surface area contributed by atoms with Crippen LogP contribution in [0, 0.1) is 26.1 Å². The Bertz CT molecular complexity index is 945. The quantitative estimate of drug-likeness (QED) is 0.643. The van der Waals surface area contributed by atoms with Gasteiger partial charge in [-0.15, -0.1) is 0 Å². The zero-order valence-corrected chi connectivity index (χ0v) is 14.9. The van der Waals surface area contributed by atoms with E-state index in [1.807, 2.05) is 19.1 Å². The summed E-state index contributed by atoms with van der Waals surface area (Å²) in [5.41, 5.74) is 4.58. The van der Waals surface area contributed by atoms with Crippen molar-refractivity contribution in [2.75, 3.05) is 6.61 Å². The van der Waals surface area contributed by atoms with Gasteiger partial charge in [-0.3, -0.25) is 0 Å². The Labute approximate surface area is 152 Å². The lowest BCUT2D eigenvalue weighted by atomic mass is 10.1. The highest BCUT2D eigenvalue weighted by Gasteiger charge is 2.14. The number of halogens is 1. The Morgan fingerprint density at radius 1 is 1.19 bits per heavy atom. The molecule has 0 aliphatic heterocycles. The molecule has 1 aliphatic rings. The maximum absolute atomic E-state index is 13.8. The van der Waals surface area contributed by atoms with E-state index in [1.165, 1.54) is 17.2 Å². The second-order valence-electron chi connectivity index (χ2n) is 6.58. The third-order valence-electron chi connectivity index (χ3n) is 4.71. The lowest BCUT2D eigenvalue weighted by molar-refractivity contribution is 0.319. The predicted octanol–water partition coefficient (Wildman–Crippen LogP) is 5.09. The number of aromatic nitrogens is 1. The number of hydrogen-bond donors (Lipinski definition) is 0. The van der Waals surface area contributed by atoms with Gasteiger partial charge in [-0.05, 0) is 67.6 Å². The molecule has 0 saturated carbocycles. The van der Waals surface area contributed by atoms with Gasteiger partial charge in [0, 0.05) is 18.4 Å². The van der Waals surface area contributed by atoms with Gasteiger partial charge in [-0.1, -0.05) is 12.1 Å². The summed E-state index contributed by atoms with van der Waals surface area (Å²) in [6.45, 7) is 4.12. The van der Waals surface area contributed by atoms with E-state index in [-0.39, 0.29) is 5.82 Å². The molecule has 2 radical (unpaired) electrons. The van der Waals surface area contributed by atoms with Crippen LogP contribution in [0.15, 0.2) is 40.8 Å². The Kier molecular flexibility index (Phi) is 4.49. The van der Waals surface area contributed by atoms with Crippen molar-refractivity contribution >= 4 is 0 Å². The van der Waals surface area contributed by atoms with Gasteiger partial charge in [0.25, 0.3) is 0 Å². The number of ether oxygens (including phenoxy) is 1. The van der Waals surface area contributed by atoms with Crippen molar-refractivity contribution in [3.05, 3.63) is 76.8 Å². The van der Waals surface area contributed by atoms with Crippen molar-refractivity contribution in [1.29, 1.82) is 0 Å². The van der Waals surface area contributed by atoms with E-state index in [0.717, 1.165) is 30.0 Å². The molecule has 4 rings (SSSR count). The second-order valence-corrected chi connectivity index (χ2v) is 6.58. The number of oxazole rings is 1. The molecule has 132 valence electrons. The van der Waals surface area contributed by atoms with Gasteiger partial charge in [0.15, 0.2) is 0 Å². The van der Waals surface area contributed by atoms with Gasteiger partial charge >= 0.3 is 0 Å². The first-order valence-corrected chi connectivity index (χ1v) is 8.82. The van der Waals surface area contributed by atoms with Crippen molar-refractivity contribution < 1.29 is 13.5 Å². The molecule has 1 aromatic heterocycles. The lowest BCUT2D eigenvalue weighted by Gasteiger charge is -2.07. The van der Waals surface area contributed by atoms with Gasteiger partial charge in [0.1, 0.15) is 17.3 Å². The lowest BCUT2D eigenvalue weighted by Crippen LogP contribution is -2.03. The highest BCUT2D eigenvalue weighted by Crippen LogP contribution is 2.28. The molecule has 0 saturated heterocycles. The second kappa shape index (κ2) is 6.94. The smallest absolute Gasteiger partial charge is 0.226 e. The predicted molar refractivity (Wildman–Crippen MR) is 97.7 cm³/mol. The minimum absolute atomic E-state index is 0.255. The summed E-state index contributed by atoms with van der Waals surface area (Å²) in [5, 5.41) is 0. The van der Waals surface area contributed by atoms with E-state index in [2.05, 4.69) is 23.5 Å². The molecule has 4 heteroatoms. The van der Waals surface area contributed by atoms with E-state index < -0.39 is 0 Å². The third-order valence-corrected chi connectivity index (χ3v) is 4.71. The van der Waals surface area contributed by atoms with E-state index >= 15 is 0 Å². The molecule has 0 fully saturated rings. The molecule has 0 spiro atoms. The normalized spacial score (nSPS) is 13.0. The van der Waals surface area contributed by atoms with E-state index in [4.69, 9.17) is 9.15 Å². The van der Waals surface area contributed by atoms with Crippen LogP contribution in [0.2, 0.25) is 0 Å². The molecule has 0 atom stereocenters. The van der Waals surface area contributed by atoms with Gasteiger partial charge in [-0.2, -0.15) is 0 Å². The molecular weight excluding hydrogens is 329 g/mol. The summed E-state index contributed by atoms with van der Waals surface area (Å²) in [6.07, 6.45) is 5.99. The molecule has 3 nitrogen and oxygen atoms in total. The van der Waals surface area contributed by atoms with E-state index in [1.54, 1.807) is 13.0 Å². The minimum Gasteiger partial charge on any atom is -0.493 e. The van der Waals surface area contributed by atoms with Crippen LogP contribution in [0.5, 0.6) is 5.75 Å². The van der Waals surface area contributed by atoms with Gasteiger partial charge in [0.2, 0.25) is 5.89 Å². The molecule has 0 bridgehead atoms. The van der Waals surface area contributed by atoms with Gasteiger partial charge < -0.3 is 9.15 Å². The van der Waals surface area contributed by atoms with Crippen molar-refractivity contribution in [3.8, 4) is 17.2 Å². The SMILES string of the molecule is Cc1ccc(-c2nc(CCOc3ccc4c(c3)CC[C]4)c(C)o2)cc1F. The zero-order valence-electron chi connectivity index (χ0n) is 14.9. The van der Waals surface area contributed by atoms with Crippen LogP contribution in [0.1, 0.15) is 34.6 Å². The van der Waals surface area contributed by atoms with Crippen LogP contribution in [0.4, 0.5) is 4.39 Å². The number of fused-ring (bicyclic) bond motifs is 1. The number of benzene rings is 2. The molecular formula is C22H20FNO2. The number of aryl methyl sites for hydroxylation is 3. The van der Waals surface area contributed by atoms with E-state index in [0.29, 0.717) is 30.0 Å². The molecule has 1 heterocycles. The fourth-order valence-electron chi connectivity index (χ4n) is 3.15. The molecule has 0 N–H and O–H groups in total. The number of nitrogens with zero attached hydrogens (tertiary/aromatic N) is 1. The van der Waals surface area contributed by atoms with Crippen LogP contribution in [0.3, 0.4) is 0 Å². The van der Waals surface area contributed by atoms with Crippen LogP contribution in [-0.2, 0) is 12.8 Å². The Morgan fingerprint density at radius 2 is 2.08 bits per heavy atom. The minimum atomic E-state index is -0.255. The molecule has 0 amide bonds. The highest BCUT2D eigenvalue weighted by molar-refractivity contribution is 5.54. The fraction of sp³-hybridized carbons (Fsp3) is 0.273. The van der Waals surface area contributed by atoms with Crippen LogP contribution in [-0.4, -0.2) is 11.6 Å². The Hall–Kier alpha value is -2.62. The third kappa shape index (κ3) is 3.36. The highest BCUT2D eigenvalue weighted by atomic mass is 19.1. The van der Waals surface area contributed by atoms with Crippen molar-refractivity contribution in [2.45, 2.75) is 33.1 Å². The van der Waals surface area contributed by atoms with Crippen molar-refractivity contribution in [1.82, 2.24) is 4.98 Å². The van der Waals surface area contributed by atoms with Crippen LogP contribution >= 0.6 is 0 Å². The monoisotopic (exact) mass is 349 g/mol. The first-order chi connectivity index (χ1) is 12.6. The number of hydrogen-bond acceptors (Lipinski definition) is 3. The van der Waals surface area contributed by atoms with Crippen molar-refractivity contribution in [3.63, 3.8) is 0 Å². The standard InChI is InChI=1S/C22H20FNO2/c1-14-6-7-18(13-20(14)23)22-24-21(15(2)26-22)10-11-25-19-9-8-16-4-3-5-17(16)12-19/h6-9,12-13H,3,5,10-11H2,1-2H3. The Balaban J connectivity index is 1.42. The van der Waals surface area contributed by atoms with Crippen LogP contribution in [0.25, 0.3) is 11.5 Å². The summed E-state index contributed by atoms with van der Waals surface area (Å²) in [7, 11) is 0. The molecule has 26 heavy (non-hydrogen) atoms. The summed E-state index contributed by atoms with van der Waals surface area (Å²) in [6, 6.07) is 11.1. The summed E-state index contributed by atoms with van der Waals surface area (Å²) in [4.78, 5) is 4.52. The summed E-state index contributed by atoms with van der Waals surface area (Å²) < 4.78 is 25.4. The molecule has 3 aromatic rings. The first kappa shape index (κ1) is 16.8. The fourth-order valence-corrected chi connectivity index (χ4v) is 3.15. The average Bonchev–Trinajstić information content (AvgIpc) is 3.24. The first-order valence-electron chi connectivity index (χ1n) is 8.82. The van der Waals surface area contributed by atoms with Crippen LogP contribution < -0.4 is 4.74 Å². The summed E-state index contributed by atoms with van der Waals surface area (Å²) >= 11 is 0. The Morgan fingerprint density at radius 3 is 2.92 bits per heavy atom. The molecule has 1 aliphatic carbocycles. The number of rotatable bonds is 5. The largest absolute Gasteiger partial charge is 0.493 e. The van der Waals surface area contributed by atoms with E-state index in [9.17, 15) is 4.39 Å². The van der Waals surface area contributed by atoms with Gasteiger partial charge in [0.05, 0.1) is 12.3 Å².